The maximum absolute atomic E-state index is 12.6. The number of aromatic amines is 1. The summed E-state index contributed by atoms with van der Waals surface area (Å²) >= 11 is 0. The molecule has 1 atom stereocenters. The molecule has 1 heterocycles. The predicted octanol–water partition coefficient (Wildman–Crippen LogP) is 3.66. The van der Waals surface area contributed by atoms with Crippen LogP contribution in [0.15, 0.2) is 24.3 Å². The van der Waals surface area contributed by atoms with Gasteiger partial charge in [0, 0.05) is 11.3 Å². The van der Waals surface area contributed by atoms with E-state index in [1.54, 1.807) is 38.1 Å². The molecule has 1 aromatic carbocycles. The molecule has 0 aliphatic carbocycles. The Balaban J connectivity index is 2.13. The lowest BCUT2D eigenvalue weighted by atomic mass is 10.0. The van der Waals surface area contributed by atoms with Crippen LogP contribution in [0.2, 0.25) is 0 Å². The molecule has 0 saturated heterocycles. The highest BCUT2D eigenvalue weighted by atomic mass is 16.5. The topological polar surface area (TPSA) is 85.5 Å². The largest absolute Gasteiger partial charge is 0.494 e. The molecule has 0 unspecified atom stereocenters. The summed E-state index contributed by atoms with van der Waals surface area (Å²) < 4.78 is 10.6. The Morgan fingerprint density at radius 3 is 2.23 bits per heavy atom. The van der Waals surface area contributed by atoms with Crippen LogP contribution >= 0.6 is 0 Å². The fraction of sp³-hybridized carbons (Fsp3) is 0.350. The van der Waals surface area contributed by atoms with Gasteiger partial charge < -0.3 is 14.5 Å². The van der Waals surface area contributed by atoms with Gasteiger partial charge in [-0.25, -0.2) is 4.79 Å². The third-order valence-corrected chi connectivity index (χ3v) is 4.09. The Morgan fingerprint density at radius 2 is 1.73 bits per heavy atom. The van der Waals surface area contributed by atoms with Crippen molar-refractivity contribution in [2.24, 2.45) is 0 Å². The molecule has 0 aliphatic heterocycles. The van der Waals surface area contributed by atoms with Crippen molar-refractivity contribution in [3.63, 3.8) is 0 Å². The molecule has 0 saturated carbocycles. The van der Waals surface area contributed by atoms with Crippen LogP contribution in [-0.2, 0) is 4.74 Å². The molecule has 0 aliphatic rings. The number of aryl methyl sites for hydroxylation is 1. The summed E-state index contributed by atoms with van der Waals surface area (Å²) in [5.74, 6) is -0.434. The number of benzene rings is 1. The summed E-state index contributed by atoms with van der Waals surface area (Å²) in [7, 11) is 0. The van der Waals surface area contributed by atoms with Gasteiger partial charge in [0.2, 0.25) is 5.78 Å². The fourth-order valence-electron chi connectivity index (χ4n) is 2.86. The molecule has 138 valence electrons. The van der Waals surface area contributed by atoms with Gasteiger partial charge in [-0.3, -0.25) is 9.59 Å². The van der Waals surface area contributed by atoms with Gasteiger partial charge in [-0.05, 0) is 64.4 Å². The van der Waals surface area contributed by atoms with Crippen LogP contribution in [0.5, 0.6) is 5.75 Å². The van der Waals surface area contributed by atoms with E-state index in [0.717, 1.165) is 0 Å². The quantitative estimate of drug-likeness (QED) is 0.604. The molecule has 0 fully saturated rings. The predicted molar refractivity (Wildman–Crippen MR) is 97.1 cm³/mol. The molecular formula is C20H23NO5. The van der Waals surface area contributed by atoms with Gasteiger partial charge in [-0.1, -0.05) is 0 Å². The van der Waals surface area contributed by atoms with Crippen molar-refractivity contribution in [3.05, 3.63) is 52.3 Å². The number of carbonyl (C=O) groups is 3. The lowest BCUT2D eigenvalue weighted by Gasteiger charge is -2.12. The zero-order valence-corrected chi connectivity index (χ0v) is 15.6. The van der Waals surface area contributed by atoms with Crippen molar-refractivity contribution >= 4 is 17.5 Å². The number of H-pyrrole nitrogens is 1. The van der Waals surface area contributed by atoms with Gasteiger partial charge in [0.15, 0.2) is 11.9 Å². The number of carbonyl (C=O) groups excluding carboxylic acids is 3. The van der Waals surface area contributed by atoms with Crippen LogP contribution in [0, 0.1) is 13.8 Å². The molecule has 2 rings (SSSR count). The Kier molecular flexibility index (Phi) is 5.97. The van der Waals surface area contributed by atoms with Gasteiger partial charge in [0.05, 0.1) is 17.9 Å². The molecule has 0 amide bonds. The summed E-state index contributed by atoms with van der Waals surface area (Å²) in [6.45, 7) is 8.81. The Morgan fingerprint density at radius 1 is 1.12 bits per heavy atom. The van der Waals surface area contributed by atoms with Crippen molar-refractivity contribution in [1.82, 2.24) is 4.98 Å². The minimum atomic E-state index is -0.981. The van der Waals surface area contributed by atoms with E-state index in [-0.39, 0.29) is 11.6 Å². The van der Waals surface area contributed by atoms with Crippen LogP contribution in [0.4, 0.5) is 0 Å². The monoisotopic (exact) mass is 357 g/mol. The fourth-order valence-corrected chi connectivity index (χ4v) is 2.86. The SMILES string of the molecule is CCOc1ccc(C(=O)O[C@H](C)C(=O)c2[nH]c(C)c(C(C)=O)c2C)cc1. The number of hydrogen-bond donors (Lipinski definition) is 1. The maximum Gasteiger partial charge on any atom is 0.338 e. The van der Waals surface area contributed by atoms with Crippen molar-refractivity contribution in [2.75, 3.05) is 6.61 Å². The number of ether oxygens (including phenoxy) is 2. The lowest BCUT2D eigenvalue weighted by Crippen LogP contribution is -2.25. The summed E-state index contributed by atoms with van der Waals surface area (Å²) in [5.41, 5.74) is 2.32. The van der Waals surface area contributed by atoms with Crippen LogP contribution in [-0.4, -0.2) is 35.2 Å². The molecular weight excluding hydrogens is 334 g/mol. The first-order chi connectivity index (χ1) is 12.3. The van der Waals surface area contributed by atoms with Gasteiger partial charge >= 0.3 is 5.97 Å². The van der Waals surface area contributed by atoms with E-state index in [4.69, 9.17) is 9.47 Å². The second kappa shape index (κ2) is 7.99. The maximum atomic E-state index is 12.6. The highest BCUT2D eigenvalue weighted by Gasteiger charge is 2.26. The number of aromatic nitrogens is 1. The summed E-state index contributed by atoms with van der Waals surface area (Å²) in [6.07, 6.45) is -0.981. The average molecular weight is 357 g/mol. The second-order valence-corrected chi connectivity index (χ2v) is 6.05. The lowest BCUT2D eigenvalue weighted by molar-refractivity contribution is 0.0317. The number of Topliss-reactive ketones (excluding diaryl/α,β-unsaturated/α-hetero) is 2. The Labute approximate surface area is 152 Å². The van der Waals surface area contributed by atoms with Gasteiger partial charge in [0.1, 0.15) is 5.75 Å². The minimum Gasteiger partial charge on any atom is -0.494 e. The van der Waals surface area contributed by atoms with Crippen LogP contribution in [0.25, 0.3) is 0 Å². The highest BCUT2D eigenvalue weighted by Crippen LogP contribution is 2.21. The first-order valence-corrected chi connectivity index (χ1v) is 8.44. The van der Waals surface area contributed by atoms with E-state index in [9.17, 15) is 14.4 Å². The molecule has 6 nitrogen and oxygen atoms in total. The van der Waals surface area contributed by atoms with E-state index in [1.807, 2.05) is 6.92 Å². The zero-order chi connectivity index (χ0) is 19.4. The molecule has 1 N–H and O–H groups in total. The number of hydrogen-bond acceptors (Lipinski definition) is 5. The number of nitrogens with one attached hydrogen (secondary N) is 1. The summed E-state index contributed by atoms with van der Waals surface area (Å²) in [4.78, 5) is 39.5. The molecule has 0 spiro atoms. The molecule has 26 heavy (non-hydrogen) atoms. The van der Waals surface area contributed by atoms with E-state index in [1.165, 1.54) is 13.8 Å². The minimum absolute atomic E-state index is 0.116. The Bertz CT molecular complexity index is 833. The van der Waals surface area contributed by atoms with Crippen molar-refractivity contribution < 1.29 is 23.9 Å². The number of ketones is 2. The summed E-state index contributed by atoms with van der Waals surface area (Å²) in [5, 5.41) is 0. The van der Waals surface area contributed by atoms with Crippen molar-refractivity contribution in [3.8, 4) is 5.75 Å². The van der Waals surface area contributed by atoms with E-state index >= 15 is 0 Å². The van der Waals surface area contributed by atoms with Gasteiger partial charge in [-0.15, -0.1) is 0 Å². The number of esters is 1. The molecule has 2 aromatic rings. The van der Waals surface area contributed by atoms with Crippen LogP contribution in [0.1, 0.15) is 63.2 Å². The molecule has 0 bridgehead atoms. The summed E-state index contributed by atoms with van der Waals surface area (Å²) in [6, 6.07) is 6.51. The first-order valence-electron chi connectivity index (χ1n) is 8.44. The van der Waals surface area contributed by atoms with E-state index < -0.39 is 12.1 Å². The van der Waals surface area contributed by atoms with E-state index in [0.29, 0.717) is 40.4 Å². The second-order valence-electron chi connectivity index (χ2n) is 6.05. The van der Waals surface area contributed by atoms with E-state index in [2.05, 4.69) is 4.98 Å². The molecule has 6 heteroatoms. The van der Waals surface area contributed by atoms with Crippen molar-refractivity contribution in [2.45, 2.75) is 40.7 Å². The highest BCUT2D eigenvalue weighted by molar-refractivity contribution is 6.05. The standard InChI is InChI=1S/C20H23NO5/c1-6-25-16-9-7-15(8-10-16)20(24)26-14(5)19(23)18-11(2)17(13(4)22)12(3)21-18/h7-10,14,21H,6H2,1-5H3/t14-/m1/s1. The third kappa shape index (κ3) is 4.02. The van der Waals surface area contributed by atoms with Crippen LogP contribution in [0.3, 0.4) is 0 Å². The normalized spacial score (nSPS) is 11.7. The number of rotatable bonds is 7. The average Bonchev–Trinajstić information content (AvgIpc) is 2.89. The van der Waals surface area contributed by atoms with Gasteiger partial charge in [-0.2, -0.15) is 0 Å². The van der Waals surface area contributed by atoms with Crippen molar-refractivity contribution in [1.29, 1.82) is 0 Å². The molecule has 1 aromatic heterocycles. The third-order valence-electron chi connectivity index (χ3n) is 4.09. The van der Waals surface area contributed by atoms with Gasteiger partial charge in [0.25, 0.3) is 0 Å². The smallest absolute Gasteiger partial charge is 0.338 e. The van der Waals surface area contributed by atoms with Crippen LogP contribution < -0.4 is 4.74 Å². The Hall–Kier alpha value is -2.89. The first kappa shape index (κ1) is 19.4. The zero-order valence-electron chi connectivity index (χ0n) is 15.6. The molecule has 0 radical (unpaired) electrons.